The Hall–Kier alpha value is -2.12. The van der Waals surface area contributed by atoms with Crippen LogP contribution >= 0.6 is 11.6 Å². The van der Waals surface area contributed by atoms with E-state index >= 15 is 0 Å². The van der Waals surface area contributed by atoms with Gasteiger partial charge in [-0.2, -0.15) is 0 Å². The molecule has 0 fully saturated rings. The second-order valence-electron chi connectivity index (χ2n) is 4.47. The molecule has 0 saturated heterocycles. The molecular weight excluding hydrogens is 342 g/mol. The average molecular weight is 358 g/mol. The number of anilines is 1. The first-order valence-electron chi connectivity index (χ1n) is 6.49. The van der Waals surface area contributed by atoms with Gasteiger partial charge in [-0.25, -0.2) is 8.42 Å². The van der Waals surface area contributed by atoms with Gasteiger partial charge in [-0.05, 0) is 12.1 Å². The molecule has 2 aromatic rings. The Bertz CT molecular complexity index is 808. The molecule has 124 valence electrons. The number of halogens is 1. The maximum atomic E-state index is 12.5. The zero-order valence-corrected chi connectivity index (χ0v) is 14.4. The molecule has 0 aliphatic rings. The van der Waals surface area contributed by atoms with Crippen LogP contribution < -0.4 is 18.9 Å². The van der Waals surface area contributed by atoms with Gasteiger partial charge in [-0.3, -0.25) is 4.72 Å². The summed E-state index contributed by atoms with van der Waals surface area (Å²) in [5.74, 6) is 1.05. The van der Waals surface area contributed by atoms with Gasteiger partial charge in [0.15, 0.2) is 0 Å². The van der Waals surface area contributed by atoms with Crippen molar-refractivity contribution >= 4 is 27.3 Å². The number of benzene rings is 2. The summed E-state index contributed by atoms with van der Waals surface area (Å²) >= 11 is 6.01. The number of ether oxygens (including phenoxy) is 3. The first-order chi connectivity index (χ1) is 10.9. The molecule has 8 heteroatoms. The lowest BCUT2D eigenvalue weighted by molar-refractivity contribution is 0.405. The van der Waals surface area contributed by atoms with Crippen LogP contribution in [0.2, 0.25) is 5.02 Å². The van der Waals surface area contributed by atoms with Crippen molar-refractivity contribution in [3.63, 3.8) is 0 Å². The van der Waals surface area contributed by atoms with Crippen LogP contribution in [0.3, 0.4) is 0 Å². The Labute approximate surface area is 140 Å². The Kier molecular flexibility index (Phi) is 5.23. The Morgan fingerprint density at radius 1 is 0.957 bits per heavy atom. The summed E-state index contributed by atoms with van der Waals surface area (Å²) < 4.78 is 42.8. The Morgan fingerprint density at radius 3 is 2.26 bits per heavy atom. The van der Waals surface area contributed by atoms with Crippen LogP contribution in [0.4, 0.5) is 5.69 Å². The quantitative estimate of drug-likeness (QED) is 0.859. The van der Waals surface area contributed by atoms with Crippen LogP contribution in [0.1, 0.15) is 0 Å². The van der Waals surface area contributed by atoms with Gasteiger partial charge in [-0.1, -0.05) is 17.7 Å². The zero-order valence-electron chi connectivity index (χ0n) is 12.8. The Morgan fingerprint density at radius 2 is 1.65 bits per heavy atom. The van der Waals surface area contributed by atoms with Crippen LogP contribution in [0, 0.1) is 0 Å². The molecule has 23 heavy (non-hydrogen) atoms. The van der Waals surface area contributed by atoms with Gasteiger partial charge in [0.05, 0.1) is 36.9 Å². The standard InChI is InChI=1S/C15H16ClNO5S/c1-20-10-5-4-6-11(7-10)23(18,19)17-13-9-14(21-2)12(16)8-15(13)22-3/h4-9,17H,1-3H3. The number of methoxy groups -OCH3 is 3. The molecule has 0 bridgehead atoms. The van der Waals surface area contributed by atoms with Gasteiger partial charge < -0.3 is 14.2 Å². The van der Waals surface area contributed by atoms with Crippen LogP contribution in [-0.4, -0.2) is 29.7 Å². The maximum Gasteiger partial charge on any atom is 0.262 e. The summed E-state index contributed by atoms with van der Waals surface area (Å²) in [7, 11) is 0.496. The van der Waals surface area contributed by atoms with Crippen molar-refractivity contribution in [2.75, 3.05) is 26.1 Å². The molecule has 0 saturated carbocycles. The van der Waals surface area contributed by atoms with Crippen molar-refractivity contribution in [3.8, 4) is 17.2 Å². The number of rotatable bonds is 6. The lowest BCUT2D eigenvalue weighted by Gasteiger charge is -2.14. The molecule has 0 amide bonds. The predicted octanol–water partition coefficient (Wildman–Crippen LogP) is 3.17. The zero-order chi connectivity index (χ0) is 17.0. The van der Waals surface area contributed by atoms with Gasteiger partial charge in [-0.15, -0.1) is 0 Å². The fourth-order valence-electron chi connectivity index (χ4n) is 1.91. The van der Waals surface area contributed by atoms with E-state index in [1.54, 1.807) is 12.1 Å². The van der Waals surface area contributed by atoms with E-state index in [0.29, 0.717) is 16.5 Å². The van der Waals surface area contributed by atoms with Gasteiger partial charge in [0.1, 0.15) is 17.2 Å². The van der Waals surface area contributed by atoms with E-state index < -0.39 is 10.0 Å². The van der Waals surface area contributed by atoms with Crippen LogP contribution in [-0.2, 0) is 10.0 Å². The van der Waals surface area contributed by atoms with Gasteiger partial charge >= 0.3 is 0 Å². The van der Waals surface area contributed by atoms with Gasteiger partial charge in [0, 0.05) is 18.2 Å². The molecule has 0 aliphatic carbocycles. The molecule has 2 rings (SSSR count). The maximum absolute atomic E-state index is 12.5. The topological polar surface area (TPSA) is 73.9 Å². The van der Waals surface area contributed by atoms with E-state index in [4.69, 9.17) is 25.8 Å². The van der Waals surface area contributed by atoms with Crippen LogP contribution in [0.15, 0.2) is 41.3 Å². The summed E-state index contributed by atoms with van der Waals surface area (Å²) in [6.07, 6.45) is 0. The van der Waals surface area contributed by atoms with Crippen LogP contribution in [0.5, 0.6) is 17.2 Å². The molecule has 0 aliphatic heterocycles. The predicted molar refractivity (Wildman–Crippen MR) is 88.4 cm³/mol. The van der Waals surface area contributed by atoms with Crippen molar-refractivity contribution in [3.05, 3.63) is 41.4 Å². The number of hydrogen-bond donors (Lipinski definition) is 1. The lowest BCUT2D eigenvalue weighted by atomic mass is 10.3. The fourth-order valence-corrected chi connectivity index (χ4v) is 3.24. The summed E-state index contributed by atoms with van der Waals surface area (Å²) in [5, 5.41) is 0.314. The van der Waals surface area contributed by atoms with E-state index in [-0.39, 0.29) is 16.3 Å². The SMILES string of the molecule is COc1cccc(S(=O)(=O)Nc2cc(OC)c(Cl)cc2OC)c1. The molecule has 2 aromatic carbocycles. The number of hydrogen-bond acceptors (Lipinski definition) is 5. The first kappa shape index (κ1) is 17.2. The summed E-state index contributed by atoms with van der Waals surface area (Å²) in [5.41, 5.74) is 0.219. The molecule has 0 atom stereocenters. The number of sulfonamides is 1. The van der Waals surface area contributed by atoms with Gasteiger partial charge in [0.25, 0.3) is 10.0 Å². The van der Waals surface area contributed by atoms with Gasteiger partial charge in [0.2, 0.25) is 0 Å². The first-order valence-corrected chi connectivity index (χ1v) is 8.35. The summed E-state index contributed by atoms with van der Waals surface area (Å²) in [6, 6.07) is 9.06. The molecule has 6 nitrogen and oxygen atoms in total. The molecule has 0 heterocycles. The van der Waals surface area contributed by atoms with Crippen molar-refractivity contribution in [2.24, 2.45) is 0 Å². The highest BCUT2D eigenvalue weighted by atomic mass is 35.5. The van der Waals surface area contributed by atoms with Crippen molar-refractivity contribution in [1.82, 2.24) is 0 Å². The Balaban J connectivity index is 2.44. The fraction of sp³-hybridized carbons (Fsp3) is 0.200. The molecule has 0 spiro atoms. The average Bonchev–Trinajstić information content (AvgIpc) is 2.55. The molecule has 1 N–H and O–H groups in total. The largest absolute Gasteiger partial charge is 0.497 e. The van der Waals surface area contributed by atoms with Crippen LogP contribution in [0.25, 0.3) is 0 Å². The minimum absolute atomic E-state index is 0.0628. The highest BCUT2D eigenvalue weighted by Gasteiger charge is 2.19. The second kappa shape index (κ2) is 6.97. The monoisotopic (exact) mass is 357 g/mol. The van der Waals surface area contributed by atoms with Crippen molar-refractivity contribution in [2.45, 2.75) is 4.90 Å². The summed E-state index contributed by atoms with van der Waals surface area (Å²) in [4.78, 5) is 0.0628. The lowest BCUT2D eigenvalue weighted by Crippen LogP contribution is -2.14. The smallest absolute Gasteiger partial charge is 0.262 e. The molecule has 0 unspecified atom stereocenters. The minimum atomic E-state index is -3.82. The van der Waals surface area contributed by atoms with E-state index in [9.17, 15) is 8.42 Å². The van der Waals surface area contributed by atoms with E-state index in [1.807, 2.05) is 0 Å². The third-order valence-electron chi connectivity index (χ3n) is 3.07. The molecule has 0 radical (unpaired) electrons. The summed E-state index contributed by atoms with van der Waals surface area (Å²) in [6.45, 7) is 0. The second-order valence-corrected chi connectivity index (χ2v) is 6.56. The minimum Gasteiger partial charge on any atom is -0.497 e. The molecule has 0 aromatic heterocycles. The van der Waals surface area contributed by atoms with Crippen molar-refractivity contribution < 1.29 is 22.6 Å². The number of nitrogens with one attached hydrogen (secondary N) is 1. The molecular formula is C15H16ClNO5S. The third-order valence-corrected chi connectivity index (χ3v) is 4.73. The third kappa shape index (κ3) is 3.80. The van der Waals surface area contributed by atoms with E-state index in [0.717, 1.165) is 0 Å². The highest BCUT2D eigenvalue weighted by Crippen LogP contribution is 2.37. The van der Waals surface area contributed by atoms with E-state index in [1.165, 1.54) is 45.6 Å². The van der Waals surface area contributed by atoms with E-state index in [2.05, 4.69) is 4.72 Å². The normalized spacial score (nSPS) is 11.0. The van der Waals surface area contributed by atoms with Crippen molar-refractivity contribution in [1.29, 1.82) is 0 Å². The highest BCUT2D eigenvalue weighted by molar-refractivity contribution is 7.92.